The Morgan fingerprint density at radius 2 is 1.86 bits per heavy atom. The predicted molar refractivity (Wildman–Crippen MR) is 114 cm³/mol. The molecule has 0 aliphatic heterocycles. The van der Waals surface area contributed by atoms with Gasteiger partial charge in [-0.1, -0.05) is 6.92 Å². The van der Waals surface area contributed by atoms with E-state index in [0.717, 1.165) is 29.4 Å². The lowest BCUT2D eigenvalue weighted by Crippen LogP contribution is -2.42. The summed E-state index contributed by atoms with van der Waals surface area (Å²) in [5.41, 5.74) is 3.89. The molecule has 0 saturated heterocycles. The molecular weight excluding hydrogens is 352 g/mol. The number of fused-ring (bicyclic) bond motifs is 1. The van der Waals surface area contributed by atoms with Crippen molar-refractivity contribution in [1.82, 2.24) is 14.7 Å². The number of anilines is 1. The van der Waals surface area contributed by atoms with Crippen molar-refractivity contribution in [3.63, 3.8) is 0 Å². The number of hydrogen-bond acceptors (Lipinski definition) is 5. The van der Waals surface area contributed by atoms with Gasteiger partial charge in [0.1, 0.15) is 0 Å². The summed E-state index contributed by atoms with van der Waals surface area (Å²) in [4.78, 5) is 17.4. The molecule has 0 unspecified atom stereocenters. The molecule has 0 amide bonds. The summed E-state index contributed by atoms with van der Waals surface area (Å²) in [6.45, 7) is 5.24. The molecule has 2 aromatic rings. The minimum absolute atomic E-state index is 0.270. The smallest absolute Gasteiger partial charge is 0.338 e. The summed E-state index contributed by atoms with van der Waals surface area (Å²) in [5.74, 6) is -0.270. The van der Waals surface area contributed by atoms with Crippen molar-refractivity contribution < 1.29 is 9.53 Å². The van der Waals surface area contributed by atoms with Gasteiger partial charge in [0.2, 0.25) is 0 Å². The van der Waals surface area contributed by atoms with E-state index in [9.17, 15) is 4.79 Å². The number of carbonyl (C=O) groups excluding carboxylic acids is 1. The van der Waals surface area contributed by atoms with Crippen molar-refractivity contribution in [1.29, 1.82) is 0 Å². The Morgan fingerprint density at radius 3 is 2.39 bits per heavy atom. The van der Waals surface area contributed by atoms with Crippen LogP contribution in [0.3, 0.4) is 0 Å². The highest BCUT2D eigenvalue weighted by molar-refractivity contribution is 6.03. The molecule has 1 saturated carbocycles. The molecule has 1 aromatic heterocycles. The molecule has 6 heteroatoms. The fourth-order valence-electron chi connectivity index (χ4n) is 4.78. The van der Waals surface area contributed by atoms with Crippen LogP contribution in [0.2, 0.25) is 0 Å². The average molecular weight is 387 g/mol. The predicted octanol–water partition coefficient (Wildman–Crippen LogP) is 3.62. The highest BCUT2D eigenvalue weighted by Crippen LogP contribution is 2.38. The molecule has 28 heavy (non-hydrogen) atoms. The van der Waals surface area contributed by atoms with Gasteiger partial charge in [0.25, 0.3) is 0 Å². The van der Waals surface area contributed by atoms with Crippen molar-refractivity contribution in [2.75, 3.05) is 32.6 Å². The number of benzene rings is 1. The summed E-state index contributed by atoms with van der Waals surface area (Å²) in [6.07, 6.45) is 7.49. The van der Waals surface area contributed by atoms with Gasteiger partial charge in [0.15, 0.2) is 0 Å². The number of carbonyl (C=O) groups is 1. The Bertz CT molecular complexity index is 835. The van der Waals surface area contributed by atoms with Crippen LogP contribution in [-0.4, -0.2) is 60.5 Å². The van der Waals surface area contributed by atoms with Gasteiger partial charge < -0.3 is 14.5 Å². The lowest BCUT2D eigenvalue weighted by atomic mass is 9.88. The van der Waals surface area contributed by atoms with Crippen LogP contribution in [0.25, 0.3) is 10.9 Å². The van der Waals surface area contributed by atoms with Crippen molar-refractivity contribution in [2.45, 2.75) is 58.0 Å². The average Bonchev–Trinajstić information content (AvgIpc) is 3.08. The zero-order chi connectivity index (χ0) is 20.4. The van der Waals surface area contributed by atoms with Crippen LogP contribution in [0.15, 0.2) is 12.3 Å². The number of nitrogens with zero attached hydrogens (tertiary/aromatic N) is 4. The monoisotopic (exact) mass is 386 g/mol. The van der Waals surface area contributed by atoms with Crippen molar-refractivity contribution in [3.8, 4) is 0 Å². The van der Waals surface area contributed by atoms with Crippen LogP contribution in [0, 0.1) is 0 Å². The van der Waals surface area contributed by atoms with Crippen LogP contribution >= 0.6 is 0 Å². The molecule has 6 nitrogen and oxygen atoms in total. The summed E-state index contributed by atoms with van der Waals surface area (Å²) < 4.78 is 6.95. The first kappa shape index (κ1) is 20.6. The molecule has 1 aliphatic rings. The third-order valence-corrected chi connectivity index (χ3v) is 6.36. The van der Waals surface area contributed by atoms with Gasteiger partial charge in [-0.05, 0) is 64.8 Å². The molecule has 0 N–H and O–H groups in total. The van der Waals surface area contributed by atoms with Gasteiger partial charge in [0, 0.05) is 31.1 Å². The summed E-state index contributed by atoms with van der Waals surface area (Å²) in [6, 6.07) is 3.09. The maximum absolute atomic E-state index is 12.6. The first-order chi connectivity index (χ1) is 13.4. The van der Waals surface area contributed by atoms with Gasteiger partial charge >= 0.3 is 5.97 Å². The minimum atomic E-state index is -0.270. The first-order valence-corrected chi connectivity index (χ1v) is 10.4. The molecule has 154 valence electrons. The Kier molecular flexibility index (Phi) is 6.28. The van der Waals surface area contributed by atoms with Gasteiger partial charge in [-0.15, -0.1) is 0 Å². The molecule has 0 spiro atoms. The quantitative estimate of drug-likeness (QED) is 0.710. The summed E-state index contributed by atoms with van der Waals surface area (Å²) in [7, 11) is 7.74. The Morgan fingerprint density at radius 1 is 1.21 bits per heavy atom. The van der Waals surface area contributed by atoms with E-state index in [1.165, 1.54) is 38.5 Å². The van der Waals surface area contributed by atoms with E-state index in [4.69, 9.17) is 4.74 Å². The first-order valence-electron chi connectivity index (χ1n) is 10.4. The standard InChI is InChI=1S/C22H34N4O2/c1-7-17-18(22(27)28-6)13-20-19(14-23-25(20)5)21(17)26(8-2)16-11-9-15(10-12-16)24(3)4/h13-16H,7-12H2,1-6H3. The molecule has 1 aromatic carbocycles. The van der Waals surface area contributed by atoms with E-state index < -0.39 is 0 Å². The van der Waals surface area contributed by atoms with Crippen LogP contribution in [0.1, 0.15) is 55.5 Å². The fraction of sp³-hybridized carbons (Fsp3) is 0.636. The number of methoxy groups -OCH3 is 1. The Balaban J connectivity index is 2.10. The molecule has 0 bridgehead atoms. The third kappa shape index (κ3) is 3.62. The van der Waals surface area contributed by atoms with Crippen LogP contribution in [0.4, 0.5) is 5.69 Å². The van der Waals surface area contributed by atoms with Crippen molar-refractivity contribution >= 4 is 22.6 Å². The van der Waals surface area contributed by atoms with Crippen LogP contribution < -0.4 is 4.90 Å². The SMILES string of the molecule is CCc1c(C(=O)OC)cc2c(cnn2C)c1N(CC)C1CCC(N(C)C)CC1. The summed E-state index contributed by atoms with van der Waals surface area (Å²) in [5, 5.41) is 5.61. The molecule has 1 fully saturated rings. The van der Waals surface area contributed by atoms with E-state index in [-0.39, 0.29) is 5.97 Å². The highest BCUT2D eigenvalue weighted by Gasteiger charge is 2.30. The van der Waals surface area contributed by atoms with Crippen LogP contribution in [-0.2, 0) is 18.2 Å². The summed E-state index contributed by atoms with van der Waals surface area (Å²) >= 11 is 0. The topological polar surface area (TPSA) is 50.6 Å². The Labute approximate surface area is 168 Å². The molecule has 3 rings (SSSR count). The largest absolute Gasteiger partial charge is 0.465 e. The van der Waals surface area contributed by atoms with E-state index >= 15 is 0 Å². The number of hydrogen-bond donors (Lipinski definition) is 0. The van der Waals surface area contributed by atoms with E-state index in [1.54, 1.807) is 0 Å². The fourth-order valence-corrected chi connectivity index (χ4v) is 4.78. The number of aromatic nitrogens is 2. The van der Waals surface area contributed by atoms with E-state index in [1.807, 2.05) is 24.0 Å². The van der Waals surface area contributed by atoms with Gasteiger partial charge in [-0.2, -0.15) is 5.10 Å². The normalized spacial score (nSPS) is 20.0. The maximum Gasteiger partial charge on any atom is 0.338 e. The van der Waals surface area contributed by atoms with Gasteiger partial charge in [-0.3, -0.25) is 4.68 Å². The maximum atomic E-state index is 12.6. The second kappa shape index (κ2) is 8.52. The highest BCUT2D eigenvalue weighted by atomic mass is 16.5. The number of rotatable bonds is 6. The van der Waals surface area contributed by atoms with Crippen molar-refractivity contribution in [3.05, 3.63) is 23.4 Å². The lowest BCUT2D eigenvalue weighted by Gasteiger charge is -2.40. The lowest BCUT2D eigenvalue weighted by molar-refractivity contribution is 0.0599. The minimum Gasteiger partial charge on any atom is -0.465 e. The molecular formula is C22H34N4O2. The van der Waals surface area contributed by atoms with E-state index in [0.29, 0.717) is 17.6 Å². The molecule has 0 radical (unpaired) electrons. The number of esters is 1. The molecule has 1 aliphatic carbocycles. The van der Waals surface area contributed by atoms with Crippen LogP contribution in [0.5, 0.6) is 0 Å². The number of ether oxygens (including phenoxy) is 1. The van der Waals surface area contributed by atoms with Gasteiger partial charge in [0.05, 0.1) is 30.1 Å². The van der Waals surface area contributed by atoms with Crippen molar-refractivity contribution in [2.24, 2.45) is 7.05 Å². The van der Waals surface area contributed by atoms with Gasteiger partial charge in [-0.25, -0.2) is 4.79 Å². The zero-order valence-corrected chi connectivity index (χ0v) is 18.2. The third-order valence-electron chi connectivity index (χ3n) is 6.36. The molecule has 0 atom stereocenters. The second-order valence-corrected chi connectivity index (χ2v) is 8.01. The molecule has 1 heterocycles. The zero-order valence-electron chi connectivity index (χ0n) is 18.2. The second-order valence-electron chi connectivity index (χ2n) is 8.01. The number of aryl methyl sites for hydroxylation is 1. The van der Waals surface area contributed by atoms with E-state index in [2.05, 4.69) is 42.8 Å². The Hall–Kier alpha value is -2.08.